The lowest BCUT2D eigenvalue weighted by Crippen LogP contribution is -2.43. The number of hydrogen-bond acceptors (Lipinski definition) is 4. The molecule has 1 aromatic heterocycles. The molecule has 0 atom stereocenters. The van der Waals surface area contributed by atoms with E-state index in [1.165, 1.54) is 4.90 Å². The van der Waals surface area contributed by atoms with Crippen LogP contribution < -0.4 is 5.32 Å². The Morgan fingerprint density at radius 1 is 1.35 bits per heavy atom. The number of fused-ring (bicyclic) bond motifs is 1. The zero-order valence-electron chi connectivity index (χ0n) is 11.1. The van der Waals surface area contributed by atoms with Gasteiger partial charge in [0.2, 0.25) is 11.7 Å². The van der Waals surface area contributed by atoms with E-state index in [9.17, 15) is 18.0 Å². The first-order chi connectivity index (χ1) is 9.43. The smallest absolute Gasteiger partial charge is 0.332 e. The van der Waals surface area contributed by atoms with E-state index in [0.29, 0.717) is 0 Å². The molecule has 6 nitrogen and oxygen atoms in total. The second-order valence-corrected chi connectivity index (χ2v) is 4.58. The number of carbonyl (C=O) groups is 1. The van der Waals surface area contributed by atoms with Gasteiger partial charge in [-0.15, -0.1) is 10.2 Å². The summed E-state index contributed by atoms with van der Waals surface area (Å²) in [5.74, 6) is -0.961. The molecule has 0 aromatic carbocycles. The fraction of sp³-hybridized carbons (Fsp3) is 0.727. The summed E-state index contributed by atoms with van der Waals surface area (Å²) in [5.41, 5.74) is 0. The maximum absolute atomic E-state index is 12.7. The summed E-state index contributed by atoms with van der Waals surface area (Å²) in [7, 11) is 0. The van der Waals surface area contributed by atoms with Crippen LogP contribution in [0.3, 0.4) is 0 Å². The third-order valence-corrected chi connectivity index (χ3v) is 3.06. The number of rotatable bonds is 4. The number of nitrogens with zero attached hydrogens (tertiary/aromatic N) is 4. The fourth-order valence-electron chi connectivity index (χ4n) is 2.06. The van der Waals surface area contributed by atoms with Crippen molar-refractivity contribution in [1.29, 1.82) is 0 Å². The molecule has 0 spiro atoms. The average molecular weight is 291 g/mol. The van der Waals surface area contributed by atoms with Gasteiger partial charge < -0.3 is 14.8 Å². The molecule has 0 aliphatic carbocycles. The molecule has 2 heterocycles. The van der Waals surface area contributed by atoms with Gasteiger partial charge in [0.1, 0.15) is 0 Å². The highest BCUT2D eigenvalue weighted by Gasteiger charge is 2.39. The predicted molar refractivity (Wildman–Crippen MR) is 63.6 cm³/mol. The monoisotopic (exact) mass is 291 g/mol. The zero-order chi connectivity index (χ0) is 14.8. The Morgan fingerprint density at radius 2 is 2.10 bits per heavy atom. The van der Waals surface area contributed by atoms with Gasteiger partial charge in [-0.25, -0.2) is 0 Å². The van der Waals surface area contributed by atoms with Crippen molar-refractivity contribution in [2.24, 2.45) is 0 Å². The van der Waals surface area contributed by atoms with Gasteiger partial charge in [-0.2, -0.15) is 13.2 Å². The number of hydrogen-bond donors (Lipinski definition) is 1. The molecule has 1 aromatic rings. The van der Waals surface area contributed by atoms with Crippen LogP contribution in [-0.4, -0.2) is 45.2 Å². The van der Waals surface area contributed by atoms with Crippen molar-refractivity contribution in [3.8, 4) is 0 Å². The summed E-state index contributed by atoms with van der Waals surface area (Å²) in [5, 5.41) is 9.68. The summed E-state index contributed by atoms with van der Waals surface area (Å²) in [6.45, 7) is 3.27. The Hall–Kier alpha value is -1.64. The molecule has 0 saturated carbocycles. The van der Waals surface area contributed by atoms with Gasteiger partial charge in [-0.05, 0) is 13.0 Å². The highest BCUT2D eigenvalue weighted by atomic mass is 19.4. The van der Waals surface area contributed by atoms with Gasteiger partial charge in [0.05, 0.1) is 13.1 Å². The molecule has 112 valence electrons. The van der Waals surface area contributed by atoms with Crippen LogP contribution in [0.1, 0.15) is 25.0 Å². The second-order valence-electron chi connectivity index (χ2n) is 4.58. The van der Waals surface area contributed by atoms with Crippen molar-refractivity contribution in [2.45, 2.75) is 32.6 Å². The Bertz CT molecular complexity index is 485. The van der Waals surface area contributed by atoms with Crippen molar-refractivity contribution in [1.82, 2.24) is 25.0 Å². The minimum atomic E-state index is -4.51. The van der Waals surface area contributed by atoms with Crippen LogP contribution in [-0.2, 0) is 24.1 Å². The Balaban J connectivity index is 2.02. The highest BCUT2D eigenvalue weighted by Crippen LogP contribution is 2.29. The predicted octanol–water partition coefficient (Wildman–Crippen LogP) is 0.639. The molecule has 2 rings (SSSR count). The molecule has 0 saturated heterocycles. The average Bonchev–Trinajstić information content (AvgIpc) is 2.81. The summed E-state index contributed by atoms with van der Waals surface area (Å²) in [6.07, 6.45) is -3.60. The third kappa shape index (κ3) is 3.09. The van der Waals surface area contributed by atoms with Crippen LogP contribution >= 0.6 is 0 Å². The molecule has 0 fully saturated rings. The summed E-state index contributed by atoms with van der Waals surface area (Å²) in [4.78, 5) is 13.4. The third-order valence-electron chi connectivity index (χ3n) is 3.06. The minimum absolute atomic E-state index is 0.0652. The number of nitrogens with one attached hydrogen (secondary N) is 1. The molecule has 20 heavy (non-hydrogen) atoms. The highest BCUT2D eigenvalue weighted by molar-refractivity contribution is 5.78. The molecule has 1 amide bonds. The van der Waals surface area contributed by atoms with E-state index in [0.717, 1.165) is 17.5 Å². The number of carbonyl (C=O) groups excluding carboxylic acids is 1. The van der Waals surface area contributed by atoms with Gasteiger partial charge in [0.25, 0.3) is 0 Å². The summed E-state index contributed by atoms with van der Waals surface area (Å²) in [6, 6.07) is 0. The quantitative estimate of drug-likeness (QED) is 0.827. The minimum Gasteiger partial charge on any atom is -0.332 e. The maximum Gasteiger partial charge on any atom is 0.451 e. The van der Waals surface area contributed by atoms with Crippen LogP contribution in [0.15, 0.2) is 0 Å². The first kappa shape index (κ1) is 14.8. The van der Waals surface area contributed by atoms with Crippen molar-refractivity contribution >= 4 is 5.91 Å². The first-order valence-corrected chi connectivity index (χ1v) is 6.41. The Labute approximate surface area is 114 Å². The van der Waals surface area contributed by atoms with Crippen LogP contribution in [0.4, 0.5) is 13.2 Å². The molecular weight excluding hydrogens is 275 g/mol. The first-order valence-electron chi connectivity index (χ1n) is 6.41. The van der Waals surface area contributed by atoms with Crippen LogP contribution in [0, 0.1) is 0 Å². The Morgan fingerprint density at radius 3 is 2.75 bits per heavy atom. The van der Waals surface area contributed by atoms with E-state index in [-0.39, 0.29) is 37.9 Å². The summed E-state index contributed by atoms with van der Waals surface area (Å²) >= 11 is 0. The van der Waals surface area contributed by atoms with E-state index < -0.39 is 12.0 Å². The van der Waals surface area contributed by atoms with Crippen molar-refractivity contribution in [3.63, 3.8) is 0 Å². The Kier molecular flexibility index (Phi) is 4.26. The van der Waals surface area contributed by atoms with E-state index >= 15 is 0 Å². The lowest BCUT2D eigenvalue weighted by molar-refractivity contribution is -0.148. The van der Waals surface area contributed by atoms with Gasteiger partial charge in [0.15, 0.2) is 5.82 Å². The molecule has 1 N–H and O–H groups in total. The molecule has 1 aliphatic heterocycles. The van der Waals surface area contributed by atoms with Crippen molar-refractivity contribution < 1.29 is 18.0 Å². The standard InChI is InChI=1S/C11H16F3N5O/c1-2-3-15-6-9(20)18-4-5-19-8(7-18)16-17-10(19)11(12,13)14/h15H,2-7H2,1H3. The second kappa shape index (κ2) is 5.78. The topological polar surface area (TPSA) is 63.1 Å². The molecule has 0 bridgehead atoms. The van der Waals surface area contributed by atoms with E-state index in [2.05, 4.69) is 15.5 Å². The molecule has 0 radical (unpaired) electrons. The van der Waals surface area contributed by atoms with Crippen LogP contribution in [0.25, 0.3) is 0 Å². The van der Waals surface area contributed by atoms with E-state index in [1.807, 2.05) is 6.92 Å². The van der Waals surface area contributed by atoms with Gasteiger partial charge in [-0.3, -0.25) is 4.79 Å². The fourth-order valence-corrected chi connectivity index (χ4v) is 2.06. The van der Waals surface area contributed by atoms with E-state index in [4.69, 9.17) is 0 Å². The van der Waals surface area contributed by atoms with Gasteiger partial charge in [-0.1, -0.05) is 6.92 Å². The number of alkyl halides is 3. The summed E-state index contributed by atoms with van der Waals surface area (Å²) < 4.78 is 39.0. The van der Waals surface area contributed by atoms with Crippen molar-refractivity contribution in [3.05, 3.63) is 11.6 Å². The van der Waals surface area contributed by atoms with Gasteiger partial charge >= 0.3 is 6.18 Å². The molecular formula is C11H16F3N5O. The number of aromatic nitrogens is 3. The van der Waals surface area contributed by atoms with Crippen LogP contribution in [0.5, 0.6) is 0 Å². The maximum atomic E-state index is 12.7. The SMILES string of the molecule is CCCNCC(=O)N1CCn2c(nnc2C(F)(F)F)C1. The lowest BCUT2D eigenvalue weighted by atomic mass is 10.3. The normalized spacial score (nSPS) is 15.3. The zero-order valence-corrected chi connectivity index (χ0v) is 11.1. The van der Waals surface area contributed by atoms with Crippen molar-refractivity contribution in [2.75, 3.05) is 19.6 Å². The lowest BCUT2D eigenvalue weighted by Gasteiger charge is -2.28. The molecule has 0 unspecified atom stereocenters. The van der Waals surface area contributed by atoms with Crippen LogP contribution in [0.2, 0.25) is 0 Å². The number of amides is 1. The largest absolute Gasteiger partial charge is 0.451 e. The molecule has 1 aliphatic rings. The molecule has 9 heteroatoms. The van der Waals surface area contributed by atoms with E-state index in [1.54, 1.807) is 0 Å². The van der Waals surface area contributed by atoms with Gasteiger partial charge in [0, 0.05) is 13.1 Å². The number of halogens is 3.